The highest BCUT2D eigenvalue weighted by Gasteiger charge is 2.31. The second kappa shape index (κ2) is 6.61. The van der Waals surface area contributed by atoms with Crippen LogP contribution in [0.3, 0.4) is 0 Å². The average Bonchev–Trinajstić information content (AvgIpc) is 3.25. The quantitative estimate of drug-likeness (QED) is 0.904. The molecule has 1 saturated heterocycles. The Bertz CT molecular complexity index is 759. The molecule has 1 saturated carbocycles. The SMILES string of the molecule is Cc1cc(C)n(CCC(=O)N2CCC[C@@H](c3n[nH]c(C4CC4)n3)C2)n1. The van der Waals surface area contributed by atoms with E-state index in [0.29, 0.717) is 18.9 Å². The van der Waals surface area contributed by atoms with Crippen LogP contribution in [0.25, 0.3) is 0 Å². The number of nitrogens with zero attached hydrogens (tertiary/aromatic N) is 5. The Morgan fingerprint density at radius 1 is 1.28 bits per heavy atom. The highest BCUT2D eigenvalue weighted by Crippen LogP contribution is 2.38. The summed E-state index contributed by atoms with van der Waals surface area (Å²) in [5.74, 6) is 2.97. The Hall–Kier alpha value is -2.18. The van der Waals surface area contributed by atoms with E-state index in [2.05, 4.69) is 20.3 Å². The van der Waals surface area contributed by atoms with Gasteiger partial charge in [-0.3, -0.25) is 14.6 Å². The molecule has 0 spiro atoms. The van der Waals surface area contributed by atoms with Gasteiger partial charge < -0.3 is 4.90 Å². The van der Waals surface area contributed by atoms with Crippen molar-refractivity contribution in [2.75, 3.05) is 13.1 Å². The van der Waals surface area contributed by atoms with Gasteiger partial charge in [0.2, 0.25) is 5.91 Å². The van der Waals surface area contributed by atoms with Crippen molar-refractivity contribution in [3.05, 3.63) is 29.1 Å². The van der Waals surface area contributed by atoms with Gasteiger partial charge >= 0.3 is 0 Å². The number of aromatic nitrogens is 5. The third-order valence-electron chi connectivity index (χ3n) is 5.26. The molecule has 134 valence electrons. The summed E-state index contributed by atoms with van der Waals surface area (Å²) in [5, 5.41) is 11.9. The molecule has 2 aromatic heterocycles. The van der Waals surface area contributed by atoms with E-state index in [1.807, 2.05) is 29.5 Å². The highest BCUT2D eigenvalue weighted by molar-refractivity contribution is 5.76. The number of hydrogen-bond donors (Lipinski definition) is 1. The number of carbonyl (C=O) groups is 1. The van der Waals surface area contributed by atoms with E-state index < -0.39 is 0 Å². The highest BCUT2D eigenvalue weighted by atomic mass is 16.2. The van der Waals surface area contributed by atoms with E-state index in [1.165, 1.54) is 12.8 Å². The number of piperidine rings is 1. The first kappa shape index (κ1) is 16.3. The summed E-state index contributed by atoms with van der Waals surface area (Å²) in [5.41, 5.74) is 2.11. The molecule has 3 heterocycles. The van der Waals surface area contributed by atoms with Crippen LogP contribution in [0.15, 0.2) is 6.07 Å². The minimum absolute atomic E-state index is 0.204. The number of nitrogens with one attached hydrogen (secondary N) is 1. The van der Waals surface area contributed by atoms with E-state index in [4.69, 9.17) is 0 Å². The molecule has 1 aliphatic heterocycles. The molecule has 1 atom stereocenters. The fourth-order valence-electron chi connectivity index (χ4n) is 3.69. The zero-order valence-corrected chi connectivity index (χ0v) is 15.0. The molecule has 2 aromatic rings. The summed E-state index contributed by atoms with van der Waals surface area (Å²) < 4.78 is 1.92. The van der Waals surface area contributed by atoms with Gasteiger partial charge in [0.15, 0.2) is 5.82 Å². The largest absolute Gasteiger partial charge is 0.342 e. The first-order chi connectivity index (χ1) is 12.1. The molecule has 2 fully saturated rings. The van der Waals surface area contributed by atoms with Crippen molar-refractivity contribution in [1.82, 2.24) is 29.9 Å². The summed E-state index contributed by atoms with van der Waals surface area (Å²) >= 11 is 0. The number of H-pyrrole nitrogens is 1. The molecule has 0 aromatic carbocycles. The van der Waals surface area contributed by atoms with Gasteiger partial charge in [0.05, 0.1) is 5.69 Å². The van der Waals surface area contributed by atoms with Crippen LogP contribution in [0.5, 0.6) is 0 Å². The van der Waals surface area contributed by atoms with Crippen LogP contribution in [0.4, 0.5) is 0 Å². The monoisotopic (exact) mass is 342 g/mol. The molecule has 1 N–H and O–H groups in total. The van der Waals surface area contributed by atoms with Gasteiger partial charge in [0, 0.05) is 43.6 Å². The molecule has 1 amide bonds. The van der Waals surface area contributed by atoms with Crippen LogP contribution in [0, 0.1) is 13.8 Å². The summed E-state index contributed by atoms with van der Waals surface area (Å²) in [6.45, 7) is 6.23. The number of hydrogen-bond acceptors (Lipinski definition) is 4. The summed E-state index contributed by atoms with van der Waals surface area (Å²) in [4.78, 5) is 19.3. The van der Waals surface area contributed by atoms with Crippen LogP contribution in [0.2, 0.25) is 0 Å². The Balaban J connectivity index is 1.35. The van der Waals surface area contributed by atoms with E-state index in [1.54, 1.807) is 0 Å². The molecule has 4 rings (SSSR count). The molecule has 7 nitrogen and oxygen atoms in total. The van der Waals surface area contributed by atoms with Gasteiger partial charge in [-0.2, -0.15) is 10.2 Å². The van der Waals surface area contributed by atoms with E-state index in [0.717, 1.165) is 49.0 Å². The summed E-state index contributed by atoms with van der Waals surface area (Å²) in [7, 11) is 0. The van der Waals surface area contributed by atoms with Crippen LogP contribution in [-0.2, 0) is 11.3 Å². The molecular weight excluding hydrogens is 316 g/mol. The van der Waals surface area contributed by atoms with Gasteiger partial charge in [0.25, 0.3) is 0 Å². The maximum absolute atomic E-state index is 12.6. The maximum atomic E-state index is 12.6. The number of aryl methyl sites for hydroxylation is 3. The average molecular weight is 342 g/mol. The van der Waals surface area contributed by atoms with Crippen molar-refractivity contribution >= 4 is 5.91 Å². The molecular formula is C18H26N6O. The molecule has 0 unspecified atom stereocenters. The van der Waals surface area contributed by atoms with Crippen LogP contribution >= 0.6 is 0 Å². The zero-order valence-electron chi connectivity index (χ0n) is 15.0. The number of aromatic amines is 1. The first-order valence-corrected chi connectivity index (χ1v) is 9.31. The Morgan fingerprint density at radius 2 is 2.12 bits per heavy atom. The van der Waals surface area contributed by atoms with Gasteiger partial charge in [-0.25, -0.2) is 4.98 Å². The lowest BCUT2D eigenvalue weighted by Gasteiger charge is -2.31. The van der Waals surface area contributed by atoms with Gasteiger partial charge in [0.1, 0.15) is 5.82 Å². The first-order valence-electron chi connectivity index (χ1n) is 9.31. The fourth-order valence-corrected chi connectivity index (χ4v) is 3.69. The third kappa shape index (κ3) is 3.60. The summed E-state index contributed by atoms with van der Waals surface area (Å²) in [6.07, 6.45) is 5.01. The number of carbonyl (C=O) groups excluding carboxylic acids is 1. The number of rotatable bonds is 5. The summed E-state index contributed by atoms with van der Waals surface area (Å²) in [6, 6.07) is 2.04. The van der Waals surface area contributed by atoms with Crippen molar-refractivity contribution < 1.29 is 4.79 Å². The van der Waals surface area contributed by atoms with Crippen molar-refractivity contribution in [3.63, 3.8) is 0 Å². The maximum Gasteiger partial charge on any atom is 0.224 e. The zero-order chi connectivity index (χ0) is 17.4. The number of amides is 1. The van der Waals surface area contributed by atoms with Crippen molar-refractivity contribution in [1.29, 1.82) is 0 Å². The van der Waals surface area contributed by atoms with E-state index in [-0.39, 0.29) is 11.8 Å². The second-order valence-corrected chi connectivity index (χ2v) is 7.43. The van der Waals surface area contributed by atoms with Gasteiger partial charge in [-0.05, 0) is 45.6 Å². The smallest absolute Gasteiger partial charge is 0.224 e. The normalized spacial score (nSPS) is 20.9. The van der Waals surface area contributed by atoms with Gasteiger partial charge in [-0.15, -0.1) is 0 Å². The minimum atomic E-state index is 0.204. The van der Waals surface area contributed by atoms with Crippen molar-refractivity contribution in [2.45, 2.75) is 64.3 Å². The van der Waals surface area contributed by atoms with Crippen molar-refractivity contribution in [3.8, 4) is 0 Å². The van der Waals surface area contributed by atoms with Crippen LogP contribution < -0.4 is 0 Å². The standard InChI is InChI=1S/C18H26N6O/c1-12-10-13(2)24(22-12)9-7-16(25)23-8-3-4-15(11-23)18-19-17(20-21-18)14-5-6-14/h10,14-15H,3-9,11H2,1-2H3,(H,19,20,21)/t15-/m1/s1. The topological polar surface area (TPSA) is 79.7 Å². The molecule has 1 aliphatic carbocycles. The number of likely N-dealkylation sites (tertiary alicyclic amines) is 1. The molecule has 0 bridgehead atoms. The molecule has 2 aliphatic rings. The Morgan fingerprint density at radius 3 is 2.84 bits per heavy atom. The minimum Gasteiger partial charge on any atom is -0.342 e. The molecule has 0 radical (unpaired) electrons. The molecule has 25 heavy (non-hydrogen) atoms. The third-order valence-corrected chi connectivity index (χ3v) is 5.26. The lowest BCUT2D eigenvalue weighted by Crippen LogP contribution is -2.39. The van der Waals surface area contributed by atoms with E-state index >= 15 is 0 Å². The fraction of sp³-hybridized carbons (Fsp3) is 0.667. The van der Waals surface area contributed by atoms with E-state index in [9.17, 15) is 4.79 Å². The second-order valence-electron chi connectivity index (χ2n) is 7.43. The van der Waals surface area contributed by atoms with Gasteiger partial charge in [-0.1, -0.05) is 0 Å². The lowest BCUT2D eigenvalue weighted by molar-refractivity contribution is -0.132. The lowest BCUT2D eigenvalue weighted by atomic mass is 9.97. The Labute approximate surface area is 147 Å². The van der Waals surface area contributed by atoms with Crippen molar-refractivity contribution in [2.24, 2.45) is 0 Å². The predicted molar refractivity (Wildman–Crippen MR) is 93.2 cm³/mol. The Kier molecular flexibility index (Phi) is 4.31. The van der Waals surface area contributed by atoms with Crippen LogP contribution in [-0.4, -0.2) is 48.9 Å². The predicted octanol–water partition coefficient (Wildman–Crippen LogP) is 2.29. The molecule has 7 heteroatoms. The van der Waals surface area contributed by atoms with Crippen LogP contribution in [0.1, 0.15) is 67.0 Å².